The van der Waals surface area contributed by atoms with Gasteiger partial charge in [-0.2, -0.15) is 0 Å². The van der Waals surface area contributed by atoms with Crippen LogP contribution in [-0.4, -0.2) is 4.98 Å². The fourth-order valence-electron chi connectivity index (χ4n) is 1.38. The highest BCUT2D eigenvalue weighted by Gasteiger charge is 2.04. The minimum atomic E-state index is 0.675. The molecule has 0 saturated heterocycles. The highest BCUT2D eigenvalue weighted by atomic mass is 35.5. The lowest BCUT2D eigenvalue weighted by molar-refractivity contribution is 1.06. The van der Waals surface area contributed by atoms with Crippen molar-refractivity contribution >= 4 is 40.4 Å². The summed E-state index contributed by atoms with van der Waals surface area (Å²) < 4.78 is 0. The summed E-state index contributed by atoms with van der Waals surface area (Å²) in [5, 5.41) is 3.97. The molecule has 2 rings (SSSR count). The summed E-state index contributed by atoms with van der Waals surface area (Å²) in [6.07, 6.45) is 0.998. The van der Waals surface area contributed by atoms with Crippen LogP contribution in [0.5, 0.6) is 0 Å². The van der Waals surface area contributed by atoms with Crippen molar-refractivity contribution < 1.29 is 0 Å². The van der Waals surface area contributed by atoms with E-state index < -0.39 is 0 Å². The number of thiazole rings is 1. The Hall–Kier alpha value is -0.710. The molecule has 2 nitrogen and oxygen atoms in total. The number of rotatable bonds is 4. The summed E-state index contributed by atoms with van der Waals surface area (Å²) in [5.74, 6) is 0.850. The predicted octanol–water partition coefficient (Wildman–Crippen LogP) is 4.23. The quantitative estimate of drug-likeness (QED) is 0.674. The fraction of sp³-hybridized carbons (Fsp3) is 0.250. The number of thioether (sulfide) groups is 1. The van der Waals surface area contributed by atoms with Gasteiger partial charge in [-0.15, -0.1) is 23.1 Å². The second kappa shape index (κ2) is 5.76. The molecule has 0 saturated carbocycles. The van der Waals surface area contributed by atoms with Gasteiger partial charge in [-0.25, -0.2) is 4.98 Å². The van der Waals surface area contributed by atoms with Crippen molar-refractivity contribution in [2.45, 2.75) is 24.0 Å². The maximum Gasteiger partial charge on any atom is 0.0925 e. The zero-order valence-electron chi connectivity index (χ0n) is 9.44. The van der Waals surface area contributed by atoms with Crippen molar-refractivity contribution in [2.75, 3.05) is 5.73 Å². The number of hydrogen-bond donors (Lipinski definition) is 1. The lowest BCUT2D eigenvalue weighted by Crippen LogP contribution is -1.89. The van der Waals surface area contributed by atoms with Crippen molar-refractivity contribution in [3.05, 3.63) is 39.3 Å². The highest BCUT2D eigenvalue weighted by Crippen LogP contribution is 2.30. The van der Waals surface area contributed by atoms with Crippen molar-refractivity contribution in [1.29, 1.82) is 0 Å². The first-order valence-electron chi connectivity index (χ1n) is 5.30. The summed E-state index contributed by atoms with van der Waals surface area (Å²) in [4.78, 5) is 5.58. The predicted molar refractivity (Wildman–Crippen MR) is 76.9 cm³/mol. The monoisotopic (exact) mass is 284 g/mol. The summed E-state index contributed by atoms with van der Waals surface area (Å²) in [6, 6.07) is 5.59. The van der Waals surface area contributed by atoms with Gasteiger partial charge in [-0.1, -0.05) is 18.5 Å². The van der Waals surface area contributed by atoms with Crippen molar-refractivity contribution in [1.82, 2.24) is 4.98 Å². The van der Waals surface area contributed by atoms with E-state index in [0.29, 0.717) is 5.02 Å². The van der Waals surface area contributed by atoms with E-state index in [1.807, 2.05) is 12.1 Å². The molecule has 0 aliphatic rings. The van der Waals surface area contributed by atoms with Crippen molar-refractivity contribution in [3.8, 4) is 0 Å². The molecule has 0 aliphatic carbocycles. The maximum absolute atomic E-state index is 5.89. The van der Waals surface area contributed by atoms with Gasteiger partial charge in [0.2, 0.25) is 0 Å². The van der Waals surface area contributed by atoms with Crippen LogP contribution in [0.3, 0.4) is 0 Å². The molecule has 0 atom stereocenters. The average molecular weight is 285 g/mol. The summed E-state index contributed by atoms with van der Waals surface area (Å²) in [7, 11) is 0. The van der Waals surface area contributed by atoms with Gasteiger partial charge >= 0.3 is 0 Å². The van der Waals surface area contributed by atoms with Gasteiger partial charge in [0.1, 0.15) is 0 Å². The Kier molecular flexibility index (Phi) is 4.31. The third-order valence-electron chi connectivity index (χ3n) is 2.25. The zero-order chi connectivity index (χ0) is 12.3. The van der Waals surface area contributed by atoms with Gasteiger partial charge in [0.15, 0.2) is 0 Å². The first-order valence-corrected chi connectivity index (χ1v) is 7.54. The molecule has 1 aromatic carbocycles. The van der Waals surface area contributed by atoms with E-state index in [4.69, 9.17) is 17.3 Å². The number of nitrogen functional groups attached to an aromatic ring is 1. The summed E-state index contributed by atoms with van der Waals surface area (Å²) in [6.45, 7) is 2.12. The van der Waals surface area contributed by atoms with Crippen molar-refractivity contribution in [3.63, 3.8) is 0 Å². The Bertz CT molecular complexity index is 511. The number of halogens is 1. The molecule has 17 heavy (non-hydrogen) atoms. The van der Waals surface area contributed by atoms with Crippen LogP contribution in [0, 0.1) is 0 Å². The third kappa shape index (κ3) is 3.37. The smallest absolute Gasteiger partial charge is 0.0925 e. The standard InChI is InChI=1S/C12H13ClN2S2/c1-2-12-15-9(7-17-12)6-16-11-4-3-8(13)5-10(11)14/h3-5,7H,2,6,14H2,1H3. The second-order valence-electron chi connectivity index (χ2n) is 3.56. The van der Waals surface area contributed by atoms with E-state index in [0.717, 1.165) is 28.5 Å². The van der Waals surface area contributed by atoms with E-state index in [9.17, 15) is 0 Å². The second-order valence-corrected chi connectivity index (χ2v) is 5.95. The van der Waals surface area contributed by atoms with Gasteiger partial charge in [-0.05, 0) is 24.6 Å². The molecule has 1 heterocycles. The van der Waals surface area contributed by atoms with E-state index in [-0.39, 0.29) is 0 Å². The molecule has 90 valence electrons. The molecule has 0 aliphatic heterocycles. The number of nitrogens with two attached hydrogens (primary N) is 1. The van der Waals surface area contributed by atoms with E-state index in [2.05, 4.69) is 17.3 Å². The normalized spacial score (nSPS) is 10.7. The van der Waals surface area contributed by atoms with Crippen LogP contribution in [0.4, 0.5) is 5.69 Å². The molecule has 5 heteroatoms. The Morgan fingerprint density at radius 2 is 2.29 bits per heavy atom. The maximum atomic E-state index is 5.89. The van der Waals surface area contributed by atoms with Crippen LogP contribution < -0.4 is 5.73 Å². The largest absolute Gasteiger partial charge is 0.398 e. The molecule has 2 aromatic rings. The van der Waals surface area contributed by atoms with Gasteiger partial charge in [0, 0.05) is 26.7 Å². The molecule has 2 N–H and O–H groups in total. The van der Waals surface area contributed by atoms with Crippen LogP contribution in [0.25, 0.3) is 0 Å². The van der Waals surface area contributed by atoms with E-state index >= 15 is 0 Å². The van der Waals surface area contributed by atoms with Gasteiger partial charge in [-0.3, -0.25) is 0 Å². The zero-order valence-corrected chi connectivity index (χ0v) is 11.8. The van der Waals surface area contributed by atoms with Crippen LogP contribution in [0.1, 0.15) is 17.6 Å². The molecule has 1 aromatic heterocycles. The Morgan fingerprint density at radius 3 is 2.94 bits per heavy atom. The number of hydrogen-bond acceptors (Lipinski definition) is 4. The molecular formula is C12H13ClN2S2. The Labute approximate surface area is 114 Å². The lowest BCUT2D eigenvalue weighted by Gasteiger charge is -2.04. The fourth-order valence-corrected chi connectivity index (χ4v) is 3.25. The van der Waals surface area contributed by atoms with E-state index in [1.54, 1.807) is 29.2 Å². The summed E-state index contributed by atoms with van der Waals surface area (Å²) in [5.41, 5.74) is 7.74. The first-order chi connectivity index (χ1) is 8.19. The van der Waals surface area contributed by atoms with Gasteiger partial charge in [0.25, 0.3) is 0 Å². The van der Waals surface area contributed by atoms with Crippen LogP contribution in [0.15, 0.2) is 28.5 Å². The Balaban J connectivity index is 2.02. The third-order valence-corrected chi connectivity index (χ3v) is 4.65. The molecule has 0 bridgehead atoms. The number of aryl methyl sites for hydroxylation is 1. The Morgan fingerprint density at radius 1 is 1.47 bits per heavy atom. The average Bonchev–Trinajstić information content (AvgIpc) is 2.76. The number of anilines is 1. The minimum Gasteiger partial charge on any atom is -0.398 e. The molecule has 0 spiro atoms. The number of nitrogens with zero attached hydrogens (tertiary/aromatic N) is 1. The topological polar surface area (TPSA) is 38.9 Å². The SMILES string of the molecule is CCc1nc(CSc2ccc(Cl)cc2N)cs1. The van der Waals surface area contributed by atoms with Crippen LogP contribution >= 0.6 is 34.7 Å². The van der Waals surface area contributed by atoms with Gasteiger partial charge in [0.05, 0.1) is 10.7 Å². The molecule has 0 amide bonds. The van der Waals surface area contributed by atoms with Crippen molar-refractivity contribution in [2.24, 2.45) is 0 Å². The van der Waals surface area contributed by atoms with E-state index in [1.165, 1.54) is 5.01 Å². The minimum absolute atomic E-state index is 0.675. The molecule has 0 unspecified atom stereocenters. The number of benzene rings is 1. The first kappa shape index (κ1) is 12.7. The van der Waals surface area contributed by atoms with Crippen LogP contribution in [-0.2, 0) is 12.2 Å². The van der Waals surface area contributed by atoms with Crippen LogP contribution in [0.2, 0.25) is 5.02 Å². The lowest BCUT2D eigenvalue weighted by atomic mass is 10.3. The molecule has 0 radical (unpaired) electrons. The molecular weight excluding hydrogens is 272 g/mol. The summed E-state index contributed by atoms with van der Waals surface area (Å²) >= 11 is 9.26. The molecule has 0 fully saturated rings. The highest BCUT2D eigenvalue weighted by molar-refractivity contribution is 7.98. The number of aromatic nitrogens is 1. The van der Waals surface area contributed by atoms with Gasteiger partial charge < -0.3 is 5.73 Å².